The molecule has 1 rings (SSSR count). The van der Waals surface area contributed by atoms with Gasteiger partial charge in [-0.15, -0.1) is 0 Å². The SMILES string of the molecule is CCC1CCC(CN)(N(C)CC(C)OC)CC1. The zero-order chi connectivity index (χ0) is 12.9. The molecule has 0 aromatic rings. The first-order valence-corrected chi connectivity index (χ1v) is 7.02. The van der Waals surface area contributed by atoms with E-state index in [1.54, 1.807) is 7.11 Å². The van der Waals surface area contributed by atoms with Crippen molar-refractivity contribution in [1.82, 2.24) is 4.90 Å². The highest BCUT2D eigenvalue weighted by atomic mass is 16.5. The maximum atomic E-state index is 6.06. The van der Waals surface area contributed by atoms with Gasteiger partial charge < -0.3 is 10.5 Å². The normalized spacial score (nSPS) is 31.8. The van der Waals surface area contributed by atoms with Crippen molar-refractivity contribution < 1.29 is 4.74 Å². The molecule has 1 fully saturated rings. The molecule has 1 aliphatic carbocycles. The minimum atomic E-state index is 0.221. The maximum absolute atomic E-state index is 6.06. The first kappa shape index (κ1) is 14.9. The van der Waals surface area contributed by atoms with Gasteiger partial charge in [0, 0.05) is 25.7 Å². The van der Waals surface area contributed by atoms with Crippen molar-refractivity contribution in [3.63, 3.8) is 0 Å². The van der Waals surface area contributed by atoms with Gasteiger partial charge in [-0.3, -0.25) is 4.90 Å². The average Bonchev–Trinajstić information content (AvgIpc) is 2.38. The van der Waals surface area contributed by atoms with Crippen molar-refractivity contribution in [2.24, 2.45) is 11.7 Å². The fraction of sp³-hybridized carbons (Fsp3) is 1.00. The molecule has 17 heavy (non-hydrogen) atoms. The Morgan fingerprint density at radius 2 is 2.00 bits per heavy atom. The van der Waals surface area contributed by atoms with E-state index in [4.69, 9.17) is 10.5 Å². The van der Waals surface area contributed by atoms with Crippen LogP contribution in [-0.2, 0) is 4.74 Å². The monoisotopic (exact) mass is 242 g/mol. The topological polar surface area (TPSA) is 38.5 Å². The van der Waals surface area contributed by atoms with Gasteiger partial charge in [0.1, 0.15) is 0 Å². The summed E-state index contributed by atoms with van der Waals surface area (Å²) in [6, 6.07) is 0. The Balaban J connectivity index is 2.57. The largest absolute Gasteiger partial charge is 0.380 e. The molecule has 1 saturated carbocycles. The van der Waals surface area contributed by atoms with Crippen LogP contribution in [0.25, 0.3) is 0 Å². The van der Waals surface area contributed by atoms with Crippen LogP contribution in [0.1, 0.15) is 46.0 Å². The lowest BCUT2D eigenvalue weighted by Crippen LogP contribution is -2.55. The van der Waals surface area contributed by atoms with Crippen LogP contribution in [0.4, 0.5) is 0 Å². The van der Waals surface area contributed by atoms with Gasteiger partial charge in [-0.05, 0) is 45.6 Å². The summed E-state index contributed by atoms with van der Waals surface area (Å²) >= 11 is 0. The Bertz CT molecular complexity index is 212. The molecule has 0 saturated heterocycles. The lowest BCUT2D eigenvalue weighted by Gasteiger charge is -2.46. The molecule has 1 aliphatic rings. The number of ether oxygens (including phenoxy) is 1. The third-order valence-corrected chi connectivity index (χ3v) is 4.74. The quantitative estimate of drug-likeness (QED) is 0.776. The van der Waals surface area contributed by atoms with Crippen LogP contribution in [0.3, 0.4) is 0 Å². The highest BCUT2D eigenvalue weighted by Crippen LogP contribution is 2.36. The van der Waals surface area contributed by atoms with Gasteiger partial charge in [0.05, 0.1) is 6.10 Å². The second-order valence-electron chi connectivity index (χ2n) is 5.71. The van der Waals surface area contributed by atoms with Gasteiger partial charge in [-0.25, -0.2) is 0 Å². The molecule has 0 amide bonds. The predicted octanol–water partition coefficient (Wildman–Crippen LogP) is 2.25. The molecule has 0 spiro atoms. The zero-order valence-electron chi connectivity index (χ0n) is 12.0. The minimum absolute atomic E-state index is 0.221. The first-order chi connectivity index (χ1) is 8.07. The van der Waals surface area contributed by atoms with Crippen molar-refractivity contribution in [1.29, 1.82) is 0 Å². The number of rotatable bonds is 6. The molecule has 0 aromatic heterocycles. The molecule has 0 aliphatic heterocycles. The summed E-state index contributed by atoms with van der Waals surface area (Å²) in [4.78, 5) is 2.44. The van der Waals surface area contributed by atoms with Gasteiger partial charge >= 0.3 is 0 Å². The third-order valence-electron chi connectivity index (χ3n) is 4.74. The molecule has 0 bridgehead atoms. The third kappa shape index (κ3) is 3.67. The highest BCUT2D eigenvalue weighted by Gasteiger charge is 2.37. The summed E-state index contributed by atoms with van der Waals surface area (Å²) in [5.74, 6) is 0.919. The summed E-state index contributed by atoms with van der Waals surface area (Å²) in [7, 11) is 3.98. The lowest BCUT2D eigenvalue weighted by molar-refractivity contribution is 0.0134. The van der Waals surface area contributed by atoms with Crippen LogP contribution < -0.4 is 5.73 Å². The highest BCUT2D eigenvalue weighted by molar-refractivity contribution is 4.95. The Labute approximate surface area is 107 Å². The van der Waals surface area contributed by atoms with Crippen LogP contribution in [0.15, 0.2) is 0 Å². The lowest BCUT2D eigenvalue weighted by atomic mass is 9.74. The van der Waals surface area contributed by atoms with Crippen LogP contribution in [-0.4, -0.2) is 43.8 Å². The minimum Gasteiger partial charge on any atom is -0.380 e. The second kappa shape index (κ2) is 6.72. The van der Waals surface area contributed by atoms with Gasteiger partial charge in [-0.1, -0.05) is 13.3 Å². The molecule has 3 heteroatoms. The van der Waals surface area contributed by atoms with Gasteiger partial charge in [0.25, 0.3) is 0 Å². The van der Waals surface area contributed by atoms with Crippen LogP contribution in [0.5, 0.6) is 0 Å². The van der Waals surface area contributed by atoms with E-state index in [0.717, 1.165) is 19.0 Å². The number of methoxy groups -OCH3 is 1. The molecule has 2 N–H and O–H groups in total. The first-order valence-electron chi connectivity index (χ1n) is 7.02. The van der Waals surface area contributed by atoms with Crippen molar-refractivity contribution in [3.05, 3.63) is 0 Å². The van der Waals surface area contributed by atoms with E-state index in [1.807, 2.05) is 0 Å². The second-order valence-corrected chi connectivity index (χ2v) is 5.71. The van der Waals surface area contributed by atoms with Crippen molar-refractivity contribution in [2.45, 2.75) is 57.6 Å². The number of hydrogen-bond acceptors (Lipinski definition) is 3. The maximum Gasteiger partial charge on any atom is 0.0670 e. The van der Waals surface area contributed by atoms with E-state index in [0.29, 0.717) is 0 Å². The molecular formula is C14H30N2O. The molecule has 0 aromatic carbocycles. The zero-order valence-corrected chi connectivity index (χ0v) is 12.0. The van der Waals surface area contributed by atoms with E-state index in [2.05, 4.69) is 25.8 Å². The Kier molecular flexibility index (Phi) is 5.90. The van der Waals surface area contributed by atoms with E-state index in [-0.39, 0.29) is 11.6 Å². The summed E-state index contributed by atoms with van der Waals surface area (Å²) in [5, 5.41) is 0. The molecule has 102 valence electrons. The average molecular weight is 242 g/mol. The van der Waals surface area contributed by atoms with Crippen molar-refractivity contribution in [3.8, 4) is 0 Å². The van der Waals surface area contributed by atoms with E-state index >= 15 is 0 Å². The van der Waals surface area contributed by atoms with E-state index in [1.165, 1.54) is 32.1 Å². The molecule has 3 nitrogen and oxygen atoms in total. The van der Waals surface area contributed by atoms with Crippen molar-refractivity contribution >= 4 is 0 Å². The van der Waals surface area contributed by atoms with Crippen LogP contribution in [0, 0.1) is 5.92 Å². The molecular weight excluding hydrogens is 212 g/mol. The fourth-order valence-electron chi connectivity index (χ4n) is 3.02. The van der Waals surface area contributed by atoms with Gasteiger partial charge in [0.15, 0.2) is 0 Å². The molecule has 1 atom stereocenters. The predicted molar refractivity (Wildman–Crippen MR) is 73.1 cm³/mol. The van der Waals surface area contributed by atoms with E-state index in [9.17, 15) is 0 Å². The smallest absolute Gasteiger partial charge is 0.0670 e. The number of likely N-dealkylation sites (N-methyl/N-ethyl adjacent to an activating group) is 1. The Morgan fingerprint density at radius 1 is 1.41 bits per heavy atom. The fourth-order valence-corrected chi connectivity index (χ4v) is 3.02. The summed E-state index contributed by atoms with van der Waals surface area (Å²) in [6.45, 7) is 6.18. The van der Waals surface area contributed by atoms with Crippen LogP contribution in [0.2, 0.25) is 0 Å². The summed E-state index contributed by atoms with van der Waals surface area (Å²) in [5.41, 5.74) is 6.28. The van der Waals surface area contributed by atoms with Crippen LogP contribution >= 0.6 is 0 Å². The molecule has 1 unspecified atom stereocenters. The molecule has 0 radical (unpaired) electrons. The number of hydrogen-bond donors (Lipinski definition) is 1. The number of nitrogens with two attached hydrogens (primary N) is 1. The van der Waals surface area contributed by atoms with E-state index < -0.39 is 0 Å². The summed E-state index contributed by atoms with van der Waals surface area (Å²) < 4.78 is 5.36. The standard InChI is InChI=1S/C14H30N2O/c1-5-13-6-8-14(11-15,9-7-13)16(3)10-12(2)17-4/h12-13H,5-11,15H2,1-4H3. The Hall–Kier alpha value is -0.120. The van der Waals surface area contributed by atoms with Gasteiger partial charge in [0.2, 0.25) is 0 Å². The Morgan fingerprint density at radius 3 is 2.41 bits per heavy atom. The molecule has 0 heterocycles. The van der Waals surface area contributed by atoms with Gasteiger partial charge in [-0.2, -0.15) is 0 Å². The van der Waals surface area contributed by atoms with Crippen molar-refractivity contribution in [2.75, 3.05) is 27.2 Å². The summed E-state index contributed by atoms with van der Waals surface area (Å²) in [6.07, 6.45) is 6.76. The number of nitrogens with zero attached hydrogens (tertiary/aromatic N) is 1.